The molecule has 1 aromatic heterocycles. The van der Waals surface area contributed by atoms with E-state index in [0.29, 0.717) is 6.42 Å². The summed E-state index contributed by atoms with van der Waals surface area (Å²) < 4.78 is 12.0. The number of pyridine rings is 1. The van der Waals surface area contributed by atoms with Crippen LogP contribution in [-0.4, -0.2) is 23.3 Å². The molecule has 4 nitrogen and oxygen atoms in total. The van der Waals surface area contributed by atoms with Crippen molar-refractivity contribution in [2.75, 3.05) is 0 Å². The number of hydrogen-bond donors (Lipinski definition) is 0. The minimum Gasteiger partial charge on any atom is -0.398 e. The molecule has 1 fully saturated rings. The molecule has 0 unspecified atom stereocenters. The van der Waals surface area contributed by atoms with E-state index >= 15 is 0 Å². The molecule has 100 valence electrons. The first kappa shape index (κ1) is 14.0. The molecule has 0 radical (unpaired) electrons. The van der Waals surface area contributed by atoms with Crippen LogP contribution in [0.2, 0.25) is 0 Å². The maximum atomic E-state index is 8.96. The van der Waals surface area contributed by atoms with Crippen molar-refractivity contribution in [2.45, 2.75) is 52.2 Å². The summed E-state index contributed by atoms with van der Waals surface area (Å²) in [5.41, 5.74) is 1.88. The summed E-state index contributed by atoms with van der Waals surface area (Å²) in [6.45, 7) is 10.0. The molecule has 2 rings (SSSR count). The van der Waals surface area contributed by atoms with Gasteiger partial charge in [-0.15, -0.1) is 0 Å². The lowest BCUT2D eigenvalue weighted by Crippen LogP contribution is -2.41. The van der Waals surface area contributed by atoms with E-state index in [9.17, 15) is 0 Å². The lowest BCUT2D eigenvalue weighted by molar-refractivity contribution is 0.00578. The van der Waals surface area contributed by atoms with Gasteiger partial charge in [0.05, 0.1) is 29.3 Å². The Kier molecular flexibility index (Phi) is 3.42. The summed E-state index contributed by atoms with van der Waals surface area (Å²) in [6, 6.07) is 4.08. The fourth-order valence-electron chi connectivity index (χ4n) is 2.08. The molecule has 2 heterocycles. The fourth-order valence-corrected chi connectivity index (χ4v) is 2.08. The number of hydrogen-bond acceptors (Lipinski definition) is 4. The van der Waals surface area contributed by atoms with Crippen LogP contribution < -0.4 is 5.59 Å². The lowest BCUT2D eigenvalue weighted by atomic mass is 9.79. The zero-order valence-electron chi connectivity index (χ0n) is 12.2. The first-order chi connectivity index (χ1) is 8.78. The van der Waals surface area contributed by atoms with Gasteiger partial charge < -0.3 is 9.31 Å². The SMILES string of the molecule is Cc1ccnc(B2OC(C)(C)C(C)(C)O2)c1CC#N. The van der Waals surface area contributed by atoms with Crippen LogP contribution >= 0.6 is 0 Å². The number of aromatic nitrogens is 1. The van der Waals surface area contributed by atoms with Gasteiger partial charge in [-0.25, -0.2) is 0 Å². The van der Waals surface area contributed by atoms with E-state index in [1.54, 1.807) is 6.20 Å². The van der Waals surface area contributed by atoms with Crippen LogP contribution in [0.4, 0.5) is 0 Å². The second-order valence-corrected chi connectivity index (χ2v) is 5.91. The minimum absolute atomic E-state index is 0.319. The van der Waals surface area contributed by atoms with E-state index in [1.165, 1.54) is 0 Å². The maximum absolute atomic E-state index is 8.96. The highest BCUT2D eigenvalue weighted by atomic mass is 16.7. The van der Waals surface area contributed by atoms with Crippen LogP contribution in [0.25, 0.3) is 0 Å². The predicted octanol–water partition coefficient (Wildman–Crippen LogP) is 1.76. The molecule has 19 heavy (non-hydrogen) atoms. The molecule has 1 aromatic rings. The second-order valence-electron chi connectivity index (χ2n) is 5.91. The van der Waals surface area contributed by atoms with Gasteiger partial charge in [0, 0.05) is 6.20 Å². The molecule has 0 amide bonds. The minimum atomic E-state index is -0.506. The topological polar surface area (TPSA) is 55.1 Å². The van der Waals surface area contributed by atoms with Crippen LogP contribution in [0.1, 0.15) is 38.8 Å². The van der Waals surface area contributed by atoms with E-state index < -0.39 is 18.3 Å². The Balaban J connectivity index is 2.40. The van der Waals surface area contributed by atoms with Crippen molar-refractivity contribution in [3.05, 3.63) is 23.4 Å². The molecule has 5 heteroatoms. The largest absolute Gasteiger partial charge is 0.514 e. The van der Waals surface area contributed by atoms with Crippen LogP contribution in [0.3, 0.4) is 0 Å². The molecule has 0 saturated carbocycles. The highest BCUT2D eigenvalue weighted by Crippen LogP contribution is 2.36. The molecule has 0 bridgehead atoms. The number of nitrogens with zero attached hydrogens (tertiary/aromatic N) is 2. The first-order valence-electron chi connectivity index (χ1n) is 6.45. The van der Waals surface area contributed by atoms with Gasteiger partial charge >= 0.3 is 7.12 Å². The normalized spacial score (nSPS) is 20.3. The third-order valence-corrected chi connectivity index (χ3v) is 4.06. The summed E-state index contributed by atoms with van der Waals surface area (Å²) in [5.74, 6) is 0. The van der Waals surface area contributed by atoms with Gasteiger partial charge in [0.15, 0.2) is 0 Å². The first-order valence-corrected chi connectivity index (χ1v) is 6.45. The van der Waals surface area contributed by atoms with E-state index in [0.717, 1.165) is 16.7 Å². The summed E-state index contributed by atoms with van der Waals surface area (Å²) in [6.07, 6.45) is 2.05. The highest BCUT2D eigenvalue weighted by Gasteiger charge is 2.52. The molecular formula is C14H19BN2O2. The monoisotopic (exact) mass is 258 g/mol. The van der Waals surface area contributed by atoms with Crippen LogP contribution in [-0.2, 0) is 15.7 Å². The molecule has 1 aliphatic heterocycles. The molecule has 0 atom stereocenters. The van der Waals surface area contributed by atoms with Crippen molar-refractivity contribution >= 4 is 12.7 Å². The molecule has 1 aliphatic rings. The molecule has 0 N–H and O–H groups in total. The Morgan fingerprint density at radius 2 is 1.84 bits per heavy atom. The van der Waals surface area contributed by atoms with E-state index in [1.807, 2.05) is 40.7 Å². The van der Waals surface area contributed by atoms with E-state index in [4.69, 9.17) is 14.6 Å². The third-order valence-electron chi connectivity index (χ3n) is 4.06. The number of nitriles is 1. The molecule has 0 aliphatic carbocycles. The zero-order valence-corrected chi connectivity index (χ0v) is 12.2. The van der Waals surface area contributed by atoms with Gasteiger partial charge in [0.2, 0.25) is 0 Å². The number of aryl methyl sites for hydroxylation is 1. The third kappa shape index (κ3) is 2.38. The summed E-state index contributed by atoms with van der Waals surface area (Å²) in [4.78, 5) is 4.37. The Labute approximate surface area is 114 Å². The number of rotatable bonds is 2. The summed E-state index contributed by atoms with van der Waals surface area (Å²) >= 11 is 0. The van der Waals surface area contributed by atoms with Crippen molar-refractivity contribution in [3.8, 4) is 6.07 Å². The predicted molar refractivity (Wildman–Crippen MR) is 74.0 cm³/mol. The smallest absolute Gasteiger partial charge is 0.398 e. The van der Waals surface area contributed by atoms with Crippen LogP contribution in [0.5, 0.6) is 0 Å². The Morgan fingerprint density at radius 1 is 1.26 bits per heavy atom. The second kappa shape index (κ2) is 4.62. The molecule has 0 aromatic carbocycles. The van der Waals surface area contributed by atoms with Crippen molar-refractivity contribution in [1.29, 1.82) is 5.26 Å². The maximum Gasteiger partial charge on any atom is 0.514 e. The quantitative estimate of drug-likeness (QED) is 0.758. The van der Waals surface area contributed by atoms with Gasteiger partial charge in [0.25, 0.3) is 0 Å². The lowest BCUT2D eigenvalue weighted by Gasteiger charge is -2.32. The van der Waals surface area contributed by atoms with Crippen molar-refractivity contribution in [2.24, 2.45) is 0 Å². The molecular weight excluding hydrogens is 239 g/mol. The Bertz CT molecular complexity index is 519. The Hall–Kier alpha value is -1.38. The van der Waals surface area contributed by atoms with Gasteiger partial charge in [-0.1, -0.05) is 0 Å². The van der Waals surface area contributed by atoms with Crippen LogP contribution in [0.15, 0.2) is 12.3 Å². The van der Waals surface area contributed by atoms with Crippen molar-refractivity contribution < 1.29 is 9.31 Å². The van der Waals surface area contributed by atoms with Crippen molar-refractivity contribution in [3.63, 3.8) is 0 Å². The van der Waals surface area contributed by atoms with Gasteiger partial charge in [0.1, 0.15) is 0 Å². The summed E-state index contributed by atoms with van der Waals surface area (Å²) in [5, 5.41) is 8.96. The Morgan fingerprint density at radius 3 is 2.37 bits per heavy atom. The zero-order chi connectivity index (χ0) is 14.3. The molecule has 0 spiro atoms. The highest BCUT2D eigenvalue weighted by molar-refractivity contribution is 6.61. The average Bonchev–Trinajstić information content (AvgIpc) is 2.51. The van der Waals surface area contributed by atoms with Gasteiger partial charge in [-0.05, 0) is 51.8 Å². The van der Waals surface area contributed by atoms with E-state index in [-0.39, 0.29) is 0 Å². The van der Waals surface area contributed by atoms with Gasteiger partial charge in [-0.3, -0.25) is 4.98 Å². The standard InChI is InChI=1S/C14H19BN2O2/c1-10-7-9-17-12(11(10)6-8-16)15-18-13(2,3)14(4,5)19-15/h7,9H,6H2,1-5H3. The average molecular weight is 258 g/mol. The molecule has 1 saturated heterocycles. The van der Waals surface area contributed by atoms with Crippen LogP contribution in [0, 0.1) is 18.3 Å². The fraction of sp³-hybridized carbons (Fsp3) is 0.571. The summed E-state index contributed by atoms with van der Waals surface area (Å²) in [7, 11) is -0.506. The van der Waals surface area contributed by atoms with E-state index in [2.05, 4.69) is 11.1 Å². The van der Waals surface area contributed by atoms with Gasteiger partial charge in [-0.2, -0.15) is 5.26 Å². The van der Waals surface area contributed by atoms with Crippen molar-refractivity contribution in [1.82, 2.24) is 4.98 Å².